The lowest BCUT2D eigenvalue weighted by molar-refractivity contribution is 0.473. The fourth-order valence-corrected chi connectivity index (χ4v) is 2.93. The number of ether oxygens (including phenoxy) is 1. The first-order valence-corrected chi connectivity index (χ1v) is 7.93. The summed E-state index contributed by atoms with van der Waals surface area (Å²) in [6.45, 7) is 3.81. The van der Waals surface area contributed by atoms with Crippen LogP contribution in [0.3, 0.4) is 0 Å². The topological polar surface area (TPSA) is 21.3 Å². The van der Waals surface area contributed by atoms with Crippen LogP contribution in [-0.4, -0.2) is 6.54 Å². The molecule has 0 amide bonds. The number of hydrogen-bond donors (Lipinski definition) is 1. The van der Waals surface area contributed by atoms with Crippen molar-refractivity contribution in [2.45, 2.75) is 32.7 Å². The number of nitrogens with one attached hydrogen (secondary N) is 1. The van der Waals surface area contributed by atoms with E-state index in [2.05, 4.69) is 30.4 Å². The van der Waals surface area contributed by atoms with Gasteiger partial charge in [0.05, 0.1) is 0 Å². The van der Waals surface area contributed by atoms with E-state index in [1.54, 1.807) is 0 Å². The first kappa shape index (κ1) is 14.4. The van der Waals surface area contributed by atoms with Crippen molar-refractivity contribution < 1.29 is 4.74 Å². The Labute approximate surface area is 131 Å². The monoisotopic (exact) mass is 301 g/mol. The molecule has 2 aromatic carbocycles. The molecule has 0 atom stereocenters. The van der Waals surface area contributed by atoms with Crippen molar-refractivity contribution in [3.63, 3.8) is 0 Å². The zero-order valence-electron chi connectivity index (χ0n) is 12.3. The quantitative estimate of drug-likeness (QED) is 0.862. The van der Waals surface area contributed by atoms with E-state index in [1.807, 2.05) is 18.2 Å². The van der Waals surface area contributed by atoms with E-state index in [-0.39, 0.29) is 0 Å². The summed E-state index contributed by atoms with van der Waals surface area (Å²) in [6.07, 6.45) is 3.60. The first-order valence-electron chi connectivity index (χ1n) is 7.55. The molecule has 0 radical (unpaired) electrons. The molecule has 3 rings (SSSR count). The second-order valence-corrected chi connectivity index (χ2v) is 5.85. The molecule has 2 nitrogen and oxygen atoms in total. The summed E-state index contributed by atoms with van der Waals surface area (Å²) in [6, 6.07) is 12.2. The number of aryl methyl sites for hydroxylation is 2. The van der Waals surface area contributed by atoms with E-state index in [0.717, 1.165) is 36.6 Å². The van der Waals surface area contributed by atoms with Gasteiger partial charge in [0.25, 0.3) is 0 Å². The highest BCUT2D eigenvalue weighted by molar-refractivity contribution is 6.30. The minimum absolute atomic E-state index is 0.700. The molecule has 0 aromatic heterocycles. The normalized spacial score (nSPS) is 13.2. The van der Waals surface area contributed by atoms with Gasteiger partial charge in [-0.2, -0.15) is 0 Å². The second kappa shape index (κ2) is 6.50. The highest BCUT2D eigenvalue weighted by Gasteiger charge is 2.12. The third-order valence-electron chi connectivity index (χ3n) is 3.89. The zero-order valence-corrected chi connectivity index (χ0v) is 13.0. The molecule has 3 heteroatoms. The van der Waals surface area contributed by atoms with Crippen molar-refractivity contribution in [2.24, 2.45) is 0 Å². The Morgan fingerprint density at radius 2 is 1.95 bits per heavy atom. The molecule has 0 fully saturated rings. The lowest BCUT2D eigenvalue weighted by atomic mass is 10.1. The Morgan fingerprint density at radius 1 is 1.10 bits per heavy atom. The molecule has 2 aromatic rings. The molecule has 0 aliphatic heterocycles. The third-order valence-corrected chi connectivity index (χ3v) is 4.13. The minimum Gasteiger partial charge on any atom is -0.457 e. The fraction of sp³-hybridized carbons (Fsp3) is 0.333. The van der Waals surface area contributed by atoms with Crippen LogP contribution in [0.1, 0.15) is 30.0 Å². The van der Waals surface area contributed by atoms with Crippen molar-refractivity contribution in [2.75, 3.05) is 6.54 Å². The fourth-order valence-electron chi connectivity index (χ4n) is 2.77. The Balaban J connectivity index is 1.84. The first-order chi connectivity index (χ1) is 10.3. The Hall–Kier alpha value is -1.51. The van der Waals surface area contributed by atoms with Crippen molar-refractivity contribution in [3.05, 3.63) is 58.1 Å². The summed E-state index contributed by atoms with van der Waals surface area (Å²) < 4.78 is 6.09. The molecule has 0 saturated heterocycles. The van der Waals surface area contributed by atoms with Crippen LogP contribution in [0.4, 0.5) is 0 Å². The van der Waals surface area contributed by atoms with Gasteiger partial charge in [-0.15, -0.1) is 0 Å². The van der Waals surface area contributed by atoms with E-state index >= 15 is 0 Å². The molecule has 0 bridgehead atoms. The van der Waals surface area contributed by atoms with Crippen molar-refractivity contribution >= 4 is 11.6 Å². The molecule has 1 aliphatic carbocycles. The zero-order chi connectivity index (χ0) is 14.7. The van der Waals surface area contributed by atoms with Gasteiger partial charge in [-0.25, -0.2) is 0 Å². The lowest BCUT2D eigenvalue weighted by Crippen LogP contribution is -2.12. The molecular formula is C18H20ClNO. The van der Waals surface area contributed by atoms with Crippen LogP contribution in [0.15, 0.2) is 36.4 Å². The smallest absolute Gasteiger partial charge is 0.133 e. The number of fused-ring (bicyclic) bond motifs is 1. The molecule has 1 aliphatic rings. The molecule has 0 spiro atoms. The second-order valence-electron chi connectivity index (χ2n) is 5.42. The largest absolute Gasteiger partial charge is 0.457 e. The highest BCUT2D eigenvalue weighted by Crippen LogP contribution is 2.32. The predicted molar refractivity (Wildman–Crippen MR) is 87.4 cm³/mol. The van der Waals surface area contributed by atoms with Crippen molar-refractivity contribution in [1.82, 2.24) is 5.32 Å². The van der Waals surface area contributed by atoms with E-state index in [1.165, 1.54) is 24.0 Å². The molecule has 0 heterocycles. The van der Waals surface area contributed by atoms with Crippen LogP contribution >= 0.6 is 11.6 Å². The molecular weight excluding hydrogens is 282 g/mol. The summed E-state index contributed by atoms with van der Waals surface area (Å²) in [5, 5.41) is 4.03. The SMILES string of the molecule is CCNCc1ccc(Cl)cc1Oc1ccc2c(c1)CCC2. The van der Waals surface area contributed by atoms with E-state index in [9.17, 15) is 0 Å². The van der Waals surface area contributed by atoms with E-state index in [4.69, 9.17) is 16.3 Å². The summed E-state index contributed by atoms with van der Waals surface area (Å²) >= 11 is 6.11. The van der Waals surface area contributed by atoms with E-state index in [0.29, 0.717) is 5.02 Å². The van der Waals surface area contributed by atoms with Gasteiger partial charge in [0.2, 0.25) is 0 Å². The third kappa shape index (κ3) is 3.39. The maximum atomic E-state index is 6.11. The van der Waals surface area contributed by atoms with Gasteiger partial charge in [0, 0.05) is 17.1 Å². The maximum Gasteiger partial charge on any atom is 0.133 e. The van der Waals surface area contributed by atoms with Gasteiger partial charge in [0.15, 0.2) is 0 Å². The number of benzene rings is 2. The highest BCUT2D eigenvalue weighted by atomic mass is 35.5. The molecule has 0 saturated carbocycles. The van der Waals surface area contributed by atoms with Gasteiger partial charge < -0.3 is 10.1 Å². The number of halogens is 1. The summed E-state index contributed by atoms with van der Waals surface area (Å²) in [4.78, 5) is 0. The molecule has 21 heavy (non-hydrogen) atoms. The Bertz CT molecular complexity index is 639. The Kier molecular flexibility index (Phi) is 4.47. The molecule has 1 N–H and O–H groups in total. The number of hydrogen-bond acceptors (Lipinski definition) is 2. The van der Waals surface area contributed by atoms with Crippen molar-refractivity contribution in [1.29, 1.82) is 0 Å². The van der Waals surface area contributed by atoms with Gasteiger partial charge in [0.1, 0.15) is 11.5 Å². The van der Waals surface area contributed by atoms with Gasteiger partial charge in [-0.1, -0.05) is 30.7 Å². The van der Waals surface area contributed by atoms with Crippen LogP contribution in [0.5, 0.6) is 11.5 Å². The van der Waals surface area contributed by atoms with Crippen LogP contribution in [0, 0.1) is 0 Å². The lowest BCUT2D eigenvalue weighted by Gasteiger charge is -2.13. The molecule has 0 unspecified atom stereocenters. The predicted octanol–water partition coefficient (Wildman–Crippen LogP) is 4.73. The number of rotatable bonds is 5. The van der Waals surface area contributed by atoms with Gasteiger partial charge >= 0.3 is 0 Å². The van der Waals surface area contributed by atoms with E-state index < -0.39 is 0 Å². The summed E-state index contributed by atoms with van der Waals surface area (Å²) in [5.41, 5.74) is 4.01. The molecule has 110 valence electrons. The standard InChI is InChI=1S/C18H20ClNO/c1-2-20-12-15-6-8-16(19)11-18(15)21-17-9-7-13-4-3-5-14(13)10-17/h6-11,20H,2-5,12H2,1H3. The van der Waals surface area contributed by atoms with Gasteiger partial charge in [-0.05, 0) is 61.2 Å². The average molecular weight is 302 g/mol. The van der Waals surface area contributed by atoms with Crippen LogP contribution in [-0.2, 0) is 19.4 Å². The average Bonchev–Trinajstić information content (AvgIpc) is 2.94. The summed E-state index contributed by atoms with van der Waals surface area (Å²) in [7, 11) is 0. The van der Waals surface area contributed by atoms with Crippen LogP contribution < -0.4 is 10.1 Å². The van der Waals surface area contributed by atoms with Crippen molar-refractivity contribution in [3.8, 4) is 11.5 Å². The van der Waals surface area contributed by atoms with Gasteiger partial charge in [-0.3, -0.25) is 0 Å². The minimum atomic E-state index is 0.700. The van der Waals surface area contributed by atoms with Crippen LogP contribution in [0.2, 0.25) is 5.02 Å². The van der Waals surface area contributed by atoms with Crippen LogP contribution in [0.25, 0.3) is 0 Å². The summed E-state index contributed by atoms with van der Waals surface area (Å²) in [5.74, 6) is 1.73. The maximum absolute atomic E-state index is 6.11. The Morgan fingerprint density at radius 3 is 2.81 bits per heavy atom.